The van der Waals surface area contributed by atoms with E-state index in [0.717, 1.165) is 12.8 Å². The van der Waals surface area contributed by atoms with Gasteiger partial charge in [-0.15, -0.1) is 0 Å². The fourth-order valence-corrected chi connectivity index (χ4v) is 3.90. The number of hydrogen-bond acceptors (Lipinski definition) is 9. The summed E-state index contributed by atoms with van der Waals surface area (Å²) in [4.78, 5) is 0. The van der Waals surface area contributed by atoms with Crippen molar-refractivity contribution in [2.75, 3.05) is 39.3 Å². The molecule has 0 radical (unpaired) electrons. The average Bonchev–Trinajstić information content (AvgIpc) is 2.66. The molecule has 2 unspecified atom stereocenters. The van der Waals surface area contributed by atoms with E-state index in [1.54, 1.807) is 12.5 Å². The molecule has 29 heavy (non-hydrogen) atoms. The molecule has 0 aromatic carbocycles. The van der Waals surface area contributed by atoms with E-state index in [9.17, 15) is 0 Å². The quantitative estimate of drug-likeness (QED) is 0.125. The number of hydrogen-bond donors (Lipinski definition) is 8. The lowest BCUT2D eigenvalue weighted by molar-refractivity contribution is 0.263. The van der Waals surface area contributed by atoms with Crippen molar-refractivity contribution in [1.29, 1.82) is 0 Å². The van der Waals surface area contributed by atoms with Crippen LogP contribution in [0.15, 0.2) is 24.7 Å². The van der Waals surface area contributed by atoms with E-state index < -0.39 is 11.1 Å². The second-order valence-electron chi connectivity index (χ2n) is 7.78. The molecule has 0 fully saturated rings. The Morgan fingerprint density at radius 1 is 0.552 bits per heavy atom. The molecule has 0 bridgehead atoms. The van der Waals surface area contributed by atoms with Gasteiger partial charge in [0.15, 0.2) is 0 Å². The summed E-state index contributed by atoms with van der Waals surface area (Å²) in [6.45, 7) is 3.01. The topological polar surface area (TPSA) is 217 Å². The Balaban J connectivity index is 5.17. The molecule has 0 aliphatic carbocycles. The fourth-order valence-electron chi connectivity index (χ4n) is 3.90. The summed E-state index contributed by atoms with van der Waals surface area (Å²) < 4.78 is 5.61. The predicted molar refractivity (Wildman–Crippen MR) is 122 cm³/mol. The first-order valence-corrected chi connectivity index (χ1v) is 10.6. The summed E-state index contributed by atoms with van der Waals surface area (Å²) in [5, 5.41) is 0. The monoisotopic (exact) mass is 414 g/mol. The normalized spacial score (nSPS) is 15.3. The van der Waals surface area contributed by atoms with Crippen molar-refractivity contribution in [2.45, 2.75) is 49.6 Å². The number of nitrogens with two attached hydrogens (primary N) is 8. The van der Waals surface area contributed by atoms with Gasteiger partial charge in [-0.1, -0.05) is 0 Å². The summed E-state index contributed by atoms with van der Waals surface area (Å²) in [6.07, 6.45) is 11.3. The standard InChI is InChI=1S/C20H46N8O/c21-9-1-17(19(27,5-11-23)6-12-24)3-15-29-16-4-18(2-10-22)20(28,7-13-25)8-14-26/h3-4,15-18H,1-2,5-14,21-28H2. The molecule has 172 valence electrons. The molecule has 9 nitrogen and oxygen atoms in total. The Morgan fingerprint density at radius 3 is 1.10 bits per heavy atom. The lowest BCUT2D eigenvalue weighted by atomic mass is 9.77. The van der Waals surface area contributed by atoms with Gasteiger partial charge in [-0.3, -0.25) is 0 Å². The number of rotatable bonds is 18. The van der Waals surface area contributed by atoms with E-state index in [1.165, 1.54) is 0 Å². The van der Waals surface area contributed by atoms with Crippen LogP contribution >= 0.6 is 0 Å². The van der Waals surface area contributed by atoms with Gasteiger partial charge in [-0.2, -0.15) is 0 Å². The first kappa shape index (κ1) is 28.0. The second-order valence-corrected chi connectivity index (χ2v) is 7.78. The van der Waals surface area contributed by atoms with Crippen LogP contribution in [0.2, 0.25) is 0 Å². The molecule has 0 amide bonds. The predicted octanol–water partition coefficient (Wildman–Crippen LogP) is -1.25. The maximum atomic E-state index is 6.58. The molecule has 9 heteroatoms. The molecule has 0 aliphatic rings. The van der Waals surface area contributed by atoms with Crippen molar-refractivity contribution in [3.05, 3.63) is 24.7 Å². The zero-order valence-corrected chi connectivity index (χ0v) is 18.0. The van der Waals surface area contributed by atoms with E-state index in [-0.39, 0.29) is 11.8 Å². The molecule has 0 spiro atoms. The van der Waals surface area contributed by atoms with E-state index >= 15 is 0 Å². The van der Waals surface area contributed by atoms with Crippen LogP contribution < -0.4 is 45.9 Å². The SMILES string of the molecule is NCCC(C=COC=CC(CCN)C(N)(CCN)CCN)C(N)(CCN)CCN. The summed E-state index contributed by atoms with van der Waals surface area (Å²) in [6, 6.07) is 0. The van der Waals surface area contributed by atoms with Crippen LogP contribution in [-0.4, -0.2) is 50.3 Å². The third kappa shape index (κ3) is 10.0. The molecular formula is C20H46N8O. The maximum absolute atomic E-state index is 6.58. The van der Waals surface area contributed by atoms with Crippen molar-refractivity contribution in [2.24, 2.45) is 57.7 Å². The van der Waals surface area contributed by atoms with E-state index in [2.05, 4.69) is 0 Å². The van der Waals surface area contributed by atoms with Gasteiger partial charge in [0, 0.05) is 11.1 Å². The Hall–Kier alpha value is -1.04. The Bertz CT molecular complexity index is 406. The first-order chi connectivity index (χ1) is 13.9. The van der Waals surface area contributed by atoms with Crippen LogP contribution in [0, 0.1) is 11.8 Å². The van der Waals surface area contributed by atoms with Crippen molar-refractivity contribution in [3.63, 3.8) is 0 Å². The summed E-state index contributed by atoms with van der Waals surface area (Å²) in [7, 11) is 0. The average molecular weight is 415 g/mol. The molecule has 0 saturated heterocycles. The van der Waals surface area contributed by atoms with E-state index in [4.69, 9.17) is 50.6 Å². The van der Waals surface area contributed by atoms with Gasteiger partial charge < -0.3 is 50.6 Å². The summed E-state index contributed by atoms with van der Waals surface area (Å²) >= 11 is 0. The highest BCUT2D eigenvalue weighted by Gasteiger charge is 2.32. The fraction of sp³-hybridized carbons (Fsp3) is 0.800. The first-order valence-electron chi connectivity index (χ1n) is 10.6. The van der Waals surface area contributed by atoms with Crippen LogP contribution in [0.4, 0.5) is 0 Å². The molecule has 0 rings (SSSR count). The Kier molecular flexibility index (Phi) is 15.2. The highest BCUT2D eigenvalue weighted by Crippen LogP contribution is 2.27. The van der Waals surface area contributed by atoms with Gasteiger partial charge >= 0.3 is 0 Å². The lowest BCUT2D eigenvalue weighted by Crippen LogP contribution is -2.50. The molecule has 16 N–H and O–H groups in total. The summed E-state index contributed by atoms with van der Waals surface area (Å²) in [5.74, 6) is 0.0480. The maximum Gasteiger partial charge on any atom is 0.0864 e. The third-order valence-electron chi connectivity index (χ3n) is 5.65. The molecule has 0 aromatic heterocycles. The van der Waals surface area contributed by atoms with Crippen molar-refractivity contribution < 1.29 is 4.74 Å². The van der Waals surface area contributed by atoms with Gasteiger partial charge in [0.1, 0.15) is 0 Å². The Morgan fingerprint density at radius 2 is 0.862 bits per heavy atom. The lowest BCUT2D eigenvalue weighted by Gasteiger charge is -2.36. The van der Waals surface area contributed by atoms with Crippen molar-refractivity contribution >= 4 is 0 Å². The highest BCUT2D eigenvalue weighted by atomic mass is 16.5. The molecule has 2 atom stereocenters. The largest absolute Gasteiger partial charge is 0.473 e. The highest BCUT2D eigenvalue weighted by molar-refractivity contribution is 5.04. The molecule has 0 saturated carbocycles. The van der Waals surface area contributed by atoms with Crippen molar-refractivity contribution in [3.8, 4) is 0 Å². The van der Waals surface area contributed by atoms with Gasteiger partial charge in [0.2, 0.25) is 0 Å². The molecule has 0 aliphatic heterocycles. The van der Waals surface area contributed by atoms with Gasteiger partial charge in [-0.05, 0) is 102 Å². The number of ether oxygens (including phenoxy) is 1. The van der Waals surface area contributed by atoms with Crippen LogP contribution in [0.25, 0.3) is 0 Å². The minimum absolute atomic E-state index is 0.0240. The van der Waals surface area contributed by atoms with Crippen LogP contribution in [-0.2, 0) is 4.74 Å². The minimum atomic E-state index is -0.497. The van der Waals surface area contributed by atoms with Gasteiger partial charge in [0.25, 0.3) is 0 Å². The smallest absolute Gasteiger partial charge is 0.0864 e. The van der Waals surface area contributed by atoms with Crippen molar-refractivity contribution in [1.82, 2.24) is 0 Å². The van der Waals surface area contributed by atoms with Gasteiger partial charge in [0.05, 0.1) is 12.5 Å². The zero-order valence-electron chi connectivity index (χ0n) is 18.0. The third-order valence-corrected chi connectivity index (χ3v) is 5.65. The van der Waals surface area contributed by atoms with Crippen LogP contribution in [0.3, 0.4) is 0 Å². The molecule has 0 aromatic rings. The van der Waals surface area contributed by atoms with Crippen LogP contribution in [0.5, 0.6) is 0 Å². The van der Waals surface area contributed by atoms with E-state index in [0.29, 0.717) is 65.0 Å². The zero-order chi connectivity index (χ0) is 22.2. The second kappa shape index (κ2) is 15.8. The molecular weight excluding hydrogens is 368 g/mol. The molecule has 0 heterocycles. The van der Waals surface area contributed by atoms with E-state index in [1.807, 2.05) is 12.2 Å². The van der Waals surface area contributed by atoms with Crippen LogP contribution in [0.1, 0.15) is 38.5 Å². The summed E-state index contributed by atoms with van der Waals surface area (Å²) in [5.41, 5.74) is 46.7. The Labute approximate surface area is 176 Å². The minimum Gasteiger partial charge on any atom is -0.473 e. The van der Waals surface area contributed by atoms with Gasteiger partial charge in [-0.25, -0.2) is 0 Å².